The SMILES string of the molecule is Cn1cc(-c2nc3c4sc5nc(C(F)F)cc(-c6ccccc6)c5c4ncn3n2)cn1. The molecule has 6 rings (SSSR count). The van der Waals surface area contributed by atoms with Crippen LogP contribution in [0, 0.1) is 0 Å². The first-order chi connectivity index (χ1) is 15.1. The van der Waals surface area contributed by atoms with E-state index in [1.54, 1.807) is 21.7 Å². The highest BCUT2D eigenvalue weighted by Crippen LogP contribution is 2.41. The van der Waals surface area contributed by atoms with E-state index in [2.05, 4.69) is 25.1 Å². The van der Waals surface area contributed by atoms with Crippen LogP contribution in [-0.4, -0.2) is 34.3 Å². The predicted molar refractivity (Wildman–Crippen MR) is 114 cm³/mol. The van der Waals surface area contributed by atoms with Gasteiger partial charge in [-0.1, -0.05) is 30.3 Å². The molecular formula is C21H13F2N7S. The van der Waals surface area contributed by atoms with Crippen molar-refractivity contribution in [2.24, 2.45) is 7.05 Å². The van der Waals surface area contributed by atoms with Crippen molar-refractivity contribution in [2.75, 3.05) is 0 Å². The maximum atomic E-state index is 13.6. The monoisotopic (exact) mass is 433 g/mol. The topological polar surface area (TPSA) is 73.8 Å². The molecule has 0 aliphatic heterocycles. The molecule has 0 saturated heterocycles. The number of benzene rings is 1. The van der Waals surface area contributed by atoms with Crippen molar-refractivity contribution in [1.82, 2.24) is 34.3 Å². The molecule has 0 spiro atoms. The molecule has 1 aromatic carbocycles. The van der Waals surface area contributed by atoms with E-state index in [-0.39, 0.29) is 5.69 Å². The van der Waals surface area contributed by atoms with Gasteiger partial charge in [0.2, 0.25) is 0 Å². The fourth-order valence-corrected chi connectivity index (χ4v) is 4.80. The van der Waals surface area contributed by atoms with Crippen molar-refractivity contribution < 1.29 is 8.78 Å². The first-order valence-electron chi connectivity index (χ1n) is 9.39. The summed E-state index contributed by atoms with van der Waals surface area (Å²) in [6.45, 7) is 0. The van der Waals surface area contributed by atoms with E-state index < -0.39 is 6.43 Å². The molecule has 10 heteroatoms. The highest BCUT2D eigenvalue weighted by atomic mass is 32.1. The number of thiophene rings is 1. The third kappa shape index (κ3) is 2.79. The molecule has 5 heterocycles. The minimum atomic E-state index is -2.67. The average molecular weight is 433 g/mol. The zero-order valence-electron chi connectivity index (χ0n) is 16.1. The molecule has 0 amide bonds. The summed E-state index contributed by atoms with van der Waals surface area (Å²) in [5.74, 6) is 0.518. The smallest absolute Gasteiger partial charge is 0.275 e. The zero-order chi connectivity index (χ0) is 21.1. The lowest BCUT2D eigenvalue weighted by Crippen LogP contribution is -1.93. The van der Waals surface area contributed by atoms with Gasteiger partial charge in [-0.2, -0.15) is 5.10 Å². The van der Waals surface area contributed by atoms with Gasteiger partial charge < -0.3 is 0 Å². The van der Waals surface area contributed by atoms with E-state index in [9.17, 15) is 8.78 Å². The highest BCUT2D eigenvalue weighted by Gasteiger charge is 2.21. The molecule has 6 aromatic rings. The molecule has 0 atom stereocenters. The second kappa shape index (κ2) is 6.61. The van der Waals surface area contributed by atoms with Crippen LogP contribution < -0.4 is 0 Å². The van der Waals surface area contributed by atoms with E-state index in [0.29, 0.717) is 27.4 Å². The number of aryl methyl sites for hydroxylation is 1. The number of alkyl halides is 2. The zero-order valence-corrected chi connectivity index (χ0v) is 16.9. The number of halogens is 2. The third-order valence-corrected chi connectivity index (χ3v) is 6.13. The molecule has 0 saturated carbocycles. The van der Waals surface area contributed by atoms with Gasteiger partial charge in [-0.05, 0) is 17.2 Å². The van der Waals surface area contributed by atoms with E-state index in [4.69, 9.17) is 0 Å². The largest absolute Gasteiger partial charge is 0.280 e. The Labute approximate surface area is 177 Å². The summed E-state index contributed by atoms with van der Waals surface area (Å²) < 4.78 is 31.2. The molecule has 152 valence electrons. The molecule has 31 heavy (non-hydrogen) atoms. The van der Waals surface area contributed by atoms with Crippen LogP contribution in [0.4, 0.5) is 8.78 Å². The number of fused-ring (bicyclic) bond motifs is 5. The van der Waals surface area contributed by atoms with Crippen molar-refractivity contribution in [2.45, 2.75) is 6.43 Å². The van der Waals surface area contributed by atoms with Crippen LogP contribution in [0.3, 0.4) is 0 Å². The van der Waals surface area contributed by atoms with Crippen molar-refractivity contribution in [1.29, 1.82) is 0 Å². The molecule has 0 radical (unpaired) electrons. The van der Waals surface area contributed by atoms with Crippen LogP contribution in [0.5, 0.6) is 0 Å². The minimum absolute atomic E-state index is 0.258. The van der Waals surface area contributed by atoms with Gasteiger partial charge in [-0.3, -0.25) is 4.68 Å². The van der Waals surface area contributed by atoms with E-state index in [0.717, 1.165) is 21.2 Å². The first kappa shape index (κ1) is 18.0. The molecule has 7 nitrogen and oxygen atoms in total. The minimum Gasteiger partial charge on any atom is -0.275 e. The van der Waals surface area contributed by atoms with Crippen LogP contribution in [0.15, 0.2) is 55.1 Å². The average Bonchev–Trinajstić information content (AvgIpc) is 3.49. The van der Waals surface area contributed by atoms with Gasteiger partial charge in [0, 0.05) is 18.6 Å². The van der Waals surface area contributed by atoms with Gasteiger partial charge >= 0.3 is 0 Å². The molecule has 0 aliphatic carbocycles. The van der Waals surface area contributed by atoms with Gasteiger partial charge in [-0.15, -0.1) is 16.4 Å². The second-order valence-corrected chi connectivity index (χ2v) is 8.07. The van der Waals surface area contributed by atoms with Gasteiger partial charge in [0.25, 0.3) is 6.43 Å². The molecule has 0 aliphatic rings. The summed E-state index contributed by atoms with van der Waals surface area (Å²) in [7, 11) is 1.82. The highest BCUT2D eigenvalue weighted by molar-refractivity contribution is 7.26. The predicted octanol–water partition coefficient (Wildman–Crippen LogP) is 4.89. The standard InChI is InChI=1S/C21H13F2N7S/c1-29-9-12(8-25-29)19-27-20-17-16(24-10-30(20)28-19)15-13(11-5-3-2-4-6-11)7-14(18(22)23)26-21(15)31-17/h2-10,18H,1H3. The maximum Gasteiger partial charge on any atom is 0.280 e. The number of pyridine rings is 1. The Morgan fingerprint density at radius 2 is 1.90 bits per heavy atom. The lowest BCUT2D eigenvalue weighted by molar-refractivity contribution is 0.146. The van der Waals surface area contributed by atoms with Crippen molar-refractivity contribution in [3.63, 3.8) is 0 Å². The third-order valence-electron chi connectivity index (χ3n) is 5.06. The summed E-state index contributed by atoms with van der Waals surface area (Å²) in [6.07, 6.45) is 2.44. The molecule has 0 N–H and O–H groups in total. The molecule has 0 bridgehead atoms. The van der Waals surface area contributed by atoms with Gasteiger partial charge in [0.1, 0.15) is 21.6 Å². The molecular weight excluding hydrogens is 420 g/mol. The summed E-state index contributed by atoms with van der Waals surface area (Å²) in [6, 6.07) is 10.9. The lowest BCUT2D eigenvalue weighted by Gasteiger charge is -2.07. The van der Waals surface area contributed by atoms with Gasteiger partial charge in [-0.25, -0.2) is 28.2 Å². The number of rotatable bonds is 3. The molecule has 0 unspecified atom stereocenters. The van der Waals surface area contributed by atoms with Crippen LogP contribution in [0.25, 0.3) is 48.6 Å². The number of nitrogens with zero attached hydrogens (tertiary/aromatic N) is 7. The Morgan fingerprint density at radius 3 is 2.65 bits per heavy atom. The van der Waals surface area contributed by atoms with Crippen molar-refractivity contribution in [3.05, 3.63) is 60.8 Å². The summed E-state index contributed by atoms with van der Waals surface area (Å²) in [4.78, 5) is 14.0. The lowest BCUT2D eigenvalue weighted by atomic mass is 10.0. The normalized spacial score (nSPS) is 12.0. The fourth-order valence-electron chi connectivity index (χ4n) is 3.66. The summed E-state index contributed by atoms with van der Waals surface area (Å²) in [5.41, 5.74) is 3.30. The fraction of sp³-hybridized carbons (Fsp3) is 0.0952. The van der Waals surface area contributed by atoms with Crippen LogP contribution in [0.2, 0.25) is 0 Å². The van der Waals surface area contributed by atoms with Crippen LogP contribution >= 0.6 is 11.3 Å². The maximum absolute atomic E-state index is 13.6. The molecule has 5 aromatic heterocycles. The summed E-state index contributed by atoms with van der Waals surface area (Å²) in [5, 5.41) is 9.40. The number of hydrogen-bond acceptors (Lipinski definition) is 6. The van der Waals surface area contributed by atoms with Gasteiger partial charge in [0.15, 0.2) is 11.5 Å². The Hall–Kier alpha value is -3.79. The van der Waals surface area contributed by atoms with Gasteiger partial charge in [0.05, 0.1) is 17.3 Å². The Kier molecular flexibility index (Phi) is 3.84. The van der Waals surface area contributed by atoms with E-state index >= 15 is 0 Å². The Morgan fingerprint density at radius 1 is 1.06 bits per heavy atom. The first-order valence-corrected chi connectivity index (χ1v) is 10.2. The molecule has 0 fully saturated rings. The van der Waals surface area contributed by atoms with E-state index in [1.807, 2.05) is 43.6 Å². The van der Waals surface area contributed by atoms with Crippen LogP contribution in [0.1, 0.15) is 12.1 Å². The number of hydrogen-bond donors (Lipinski definition) is 0. The Bertz CT molecular complexity index is 1580. The van der Waals surface area contributed by atoms with Crippen molar-refractivity contribution >= 4 is 37.4 Å². The summed E-state index contributed by atoms with van der Waals surface area (Å²) >= 11 is 1.29. The van der Waals surface area contributed by atoms with Crippen molar-refractivity contribution in [3.8, 4) is 22.5 Å². The Balaban J connectivity index is 1.68. The number of aromatic nitrogens is 7. The quantitative estimate of drug-likeness (QED) is 0.397. The van der Waals surface area contributed by atoms with Crippen LogP contribution in [-0.2, 0) is 7.05 Å². The van der Waals surface area contributed by atoms with E-state index in [1.165, 1.54) is 17.4 Å². The second-order valence-electron chi connectivity index (χ2n) is 7.07.